The zero-order valence-electron chi connectivity index (χ0n) is 9.66. The Bertz CT molecular complexity index is 269. The van der Waals surface area contributed by atoms with E-state index < -0.39 is 0 Å². The molecule has 3 heteroatoms. The highest BCUT2D eigenvalue weighted by molar-refractivity contribution is 5.20. The lowest BCUT2D eigenvalue weighted by Gasteiger charge is -2.25. The van der Waals surface area contributed by atoms with Crippen LogP contribution >= 0.6 is 0 Å². The minimum absolute atomic E-state index is 0.150. The first-order valence-electron chi connectivity index (χ1n) is 5.48. The minimum Gasteiger partial charge on any atom is -0.330 e. The second-order valence-corrected chi connectivity index (χ2v) is 4.44. The third kappa shape index (κ3) is 3.98. The van der Waals surface area contributed by atoms with Crippen molar-refractivity contribution in [1.82, 2.24) is 10.3 Å². The van der Waals surface area contributed by atoms with Gasteiger partial charge in [-0.05, 0) is 37.2 Å². The Morgan fingerprint density at radius 1 is 1.33 bits per heavy atom. The van der Waals surface area contributed by atoms with Gasteiger partial charge in [0.25, 0.3) is 0 Å². The molecule has 0 bridgehead atoms. The van der Waals surface area contributed by atoms with E-state index in [1.807, 2.05) is 12.4 Å². The monoisotopic (exact) mass is 207 g/mol. The van der Waals surface area contributed by atoms with Gasteiger partial charge >= 0.3 is 0 Å². The zero-order valence-corrected chi connectivity index (χ0v) is 9.66. The van der Waals surface area contributed by atoms with Crippen molar-refractivity contribution < 1.29 is 0 Å². The van der Waals surface area contributed by atoms with Crippen molar-refractivity contribution in [3.63, 3.8) is 0 Å². The molecule has 84 valence electrons. The lowest BCUT2D eigenvalue weighted by Crippen LogP contribution is -2.34. The van der Waals surface area contributed by atoms with E-state index in [1.165, 1.54) is 5.56 Å². The van der Waals surface area contributed by atoms with E-state index in [0.717, 1.165) is 26.1 Å². The Morgan fingerprint density at radius 2 is 2.00 bits per heavy atom. The molecule has 3 nitrogen and oxygen atoms in total. The Hall–Kier alpha value is -0.930. The molecule has 15 heavy (non-hydrogen) atoms. The Morgan fingerprint density at radius 3 is 2.60 bits per heavy atom. The molecule has 1 heterocycles. The van der Waals surface area contributed by atoms with Crippen molar-refractivity contribution in [2.45, 2.75) is 25.7 Å². The fourth-order valence-corrected chi connectivity index (χ4v) is 1.53. The van der Waals surface area contributed by atoms with Crippen molar-refractivity contribution in [2.24, 2.45) is 5.73 Å². The van der Waals surface area contributed by atoms with Gasteiger partial charge in [-0.25, -0.2) is 0 Å². The molecular formula is C12H21N3. The van der Waals surface area contributed by atoms with Crippen LogP contribution in [0.25, 0.3) is 0 Å². The topological polar surface area (TPSA) is 50.9 Å². The molecule has 0 aliphatic carbocycles. The fourth-order valence-electron chi connectivity index (χ4n) is 1.53. The van der Waals surface area contributed by atoms with Crippen molar-refractivity contribution >= 4 is 0 Å². The van der Waals surface area contributed by atoms with Gasteiger partial charge in [0.15, 0.2) is 0 Å². The second kappa shape index (κ2) is 5.83. The molecule has 0 amide bonds. The molecule has 1 aromatic heterocycles. The van der Waals surface area contributed by atoms with Crippen molar-refractivity contribution in [3.05, 3.63) is 30.1 Å². The predicted octanol–water partition coefficient (Wildman–Crippen LogP) is 1.30. The summed E-state index contributed by atoms with van der Waals surface area (Å²) in [5, 5.41) is 3.42. The molecule has 0 aromatic carbocycles. The largest absolute Gasteiger partial charge is 0.330 e. The lowest BCUT2D eigenvalue weighted by molar-refractivity contribution is 0.467. The van der Waals surface area contributed by atoms with Gasteiger partial charge in [0, 0.05) is 24.4 Å². The zero-order chi connectivity index (χ0) is 11.1. The summed E-state index contributed by atoms with van der Waals surface area (Å²) in [6.07, 6.45) is 4.72. The quantitative estimate of drug-likeness (QED) is 0.691. The van der Waals surface area contributed by atoms with E-state index in [1.54, 1.807) is 0 Å². The Balaban J connectivity index is 2.45. The number of hydrogen-bond acceptors (Lipinski definition) is 3. The van der Waals surface area contributed by atoms with E-state index in [9.17, 15) is 0 Å². The van der Waals surface area contributed by atoms with Crippen LogP contribution < -0.4 is 11.1 Å². The first-order valence-corrected chi connectivity index (χ1v) is 5.48. The predicted molar refractivity (Wildman–Crippen MR) is 63.8 cm³/mol. The highest BCUT2D eigenvalue weighted by atomic mass is 14.9. The summed E-state index contributed by atoms with van der Waals surface area (Å²) in [7, 11) is 0. The lowest BCUT2D eigenvalue weighted by atomic mass is 9.85. The standard InChI is InChI=1S/C12H21N3/c1-12(2,10-15-7-3-6-13)11-4-8-14-9-5-11/h4-5,8-9,15H,3,6-7,10,13H2,1-2H3. The molecule has 0 spiro atoms. The number of pyridine rings is 1. The fraction of sp³-hybridized carbons (Fsp3) is 0.583. The molecule has 0 radical (unpaired) electrons. The van der Waals surface area contributed by atoms with Crippen LogP contribution in [0.4, 0.5) is 0 Å². The number of hydrogen-bond donors (Lipinski definition) is 2. The van der Waals surface area contributed by atoms with Crippen LogP contribution in [0.15, 0.2) is 24.5 Å². The molecule has 0 saturated carbocycles. The average Bonchev–Trinajstić information content (AvgIpc) is 2.26. The molecule has 0 saturated heterocycles. The van der Waals surface area contributed by atoms with E-state index >= 15 is 0 Å². The van der Waals surface area contributed by atoms with Gasteiger partial charge in [0.05, 0.1) is 0 Å². The number of nitrogens with one attached hydrogen (secondary N) is 1. The SMILES string of the molecule is CC(C)(CNCCCN)c1ccncc1. The number of rotatable bonds is 6. The molecule has 0 unspecified atom stereocenters. The van der Waals surface area contributed by atoms with Gasteiger partial charge in [-0.1, -0.05) is 13.8 Å². The molecule has 0 aliphatic rings. The first-order chi connectivity index (χ1) is 7.17. The third-order valence-corrected chi connectivity index (χ3v) is 2.59. The van der Waals surface area contributed by atoms with E-state index in [-0.39, 0.29) is 5.41 Å². The molecule has 1 aromatic rings. The first kappa shape index (κ1) is 12.1. The Labute approximate surface area is 92.1 Å². The minimum atomic E-state index is 0.150. The van der Waals surface area contributed by atoms with Gasteiger partial charge < -0.3 is 11.1 Å². The molecule has 1 rings (SSSR count). The van der Waals surface area contributed by atoms with Gasteiger partial charge in [-0.2, -0.15) is 0 Å². The maximum Gasteiger partial charge on any atom is 0.0270 e. The summed E-state index contributed by atoms with van der Waals surface area (Å²) in [6, 6.07) is 4.15. The summed E-state index contributed by atoms with van der Waals surface area (Å²) in [5.74, 6) is 0. The van der Waals surface area contributed by atoms with E-state index in [2.05, 4.69) is 36.3 Å². The molecule has 0 atom stereocenters. The molecule has 0 aliphatic heterocycles. The smallest absolute Gasteiger partial charge is 0.0270 e. The highest BCUT2D eigenvalue weighted by Gasteiger charge is 2.19. The van der Waals surface area contributed by atoms with Crippen LogP contribution in [0, 0.1) is 0 Å². The van der Waals surface area contributed by atoms with Crippen molar-refractivity contribution in [3.8, 4) is 0 Å². The van der Waals surface area contributed by atoms with Gasteiger partial charge in [0.1, 0.15) is 0 Å². The number of aromatic nitrogens is 1. The van der Waals surface area contributed by atoms with Gasteiger partial charge in [-0.3, -0.25) is 4.98 Å². The van der Waals surface area contributed by atoms with Crippen LogP contribution in [-0.4, -0.2) is 24.6 Å². The second-order valence-electron chi connectivity index (χ2n) is 4.44. The number of nitrogens with two attached hydrogens (primary N) is 1. The molecule has 0 fully saturated rings. The van der Waals surface area contributed by atoms with Crippen molar-refractivity contribution in [2.75, 3.05) is 19.6 Å². The third-order valence-electron chi connectivity index (χ3n) is 2.59. The van der Waals surface area contributed by atoms with Crippen LogP contribution in [0.2, 0.25) is 0 Å². The van der Waals surface area contributed by atoms with E-state index in [0.29, 0.717) is 0 Å². The van der Waals surface area contributed by atoms with Gasteiger partial charge in [0.2, 0.25) is 0 Å². The normalized spacial score (nSPS) is 11.7. The average molecular weight is 207 g/mol. The summed E-state index contributed by atoms with van der Waals surface area (Å²) in [6.45, 7) is 7.18. The summed E-state index contributed by atoms with van der Waals surface area (Å²) < 4.78 is 0. The summed E-state index contributed by atoms with van der Waals surface area (Å²) in [5.41, 5.74) is 6.91. The van der Waals surface area contributed by atoms with Crippen LogP contribution in [-0.2, 0) is 5.41 Å². The molecular weight excluding hydrogens is 186 g/mol. The van der Waals surface area contributed by atoms with Crippen LogP contribution in [0.3, 0.4) is 0 Å². The highest BCUT2D eigenvalue weighted by Crippen LogP contribution is 2.20. The summed E-state index contributed by atoms with van der Waals surface area (Å²) >= 11 is 0. The molecule has 3 N–H and O–H groups in total. The maximum absolute atomic E-state index is 5.44. The van der Waals surface area contributed by atoms with Crippen LogP contribution in [0.1, 0.15) is 25.8 Å². The van der Waals surface area contributed by atoms with Gasteiger partial charge in [-0.15, -0.1) is 0 Å². The van der Waals surface area contributed by atoms with E-state index in [4.69, 9.17) is 5.73 Å². The number of nitrogens with zero attached hydrogens (tertiary/aromatic N) is 1. The van der Waals surface area contributed by atoms with Crippen molar-refractivity contribution in [1.29, 1.82) is 0 Å². The van der Waals surface area contributed by atoms with Crippen LogP contribution in [0.5, 0.6) is 0 Å². The maximum atomic E-state index is 5.44. The Kier molecular flexibility index (Phi) is 4.72. The summed E-state index contributed by atoms with van der Waals surface area (Å²) in [4.78, 5) is 4.03.